The maximum Gasteiger partial charge on any atom is 0.261 e. The van der Waals surface area contributed by atoms with Crippen LogP contribution in [0.2, 0.25) is 0 Å². The van der Waals surface area contributed by atoms with Crippen LogP contribution >= 0.6 is 0 Å². The van der Waals surface area contributed by atoms with Crippen molar-refractivity contribution in [2.45, 2.75) is 38.0 Å². The molecule has 32 heavy (non-hydrogen) atoms. The van der Waals surface area contributed by atoms with Crippen molar-refractivity contribution in [1.82, 2.24) is 4.57 Å². The van der Waals surface area contributed by atoms with Crippen molar-refractivity contribution >= 4 is 39.6 Å². The van der Waals surface area contributed by atoms with Crippen LogP contribution in [0.1, 0.15) is 31.9 Å². The summed E-state index contributed by atoms with van der Waals surface area (Å²) < 4.78 is 31.1. The molecular formula is C27H28N2O2S. The highest BCUT2D eigenvalue weighted by Gasteiger charge is 2.20. The Balaban J connectivity index is 1.81. The molecule has 1 N–H and O–H groups in total. The van der Waals surface area contributed by atoms with Gasteiger partial charge in [-0.3, -0.25) is 4.72 Å². The Hall–Kier alpha value is -3.31. The van der Waals surface area contributed by atoms with Crippen LogP contribution in [-0.2, 0) is 15.4 Å². The average Bonchev–Trinajstić information content (AvgIpc) is 2.98. The molecule has 0 aliphatic heterocycles. The molecule has 0 atom stereocenters. The van der Waals surface area contributed by atoms with Gasteiger partial charge in [-0.2, -0.15) is 0 Å². The second-order valence-electron chi connectivity index (χ2n) is 9.18. The number of nitrogens with zero attached hydrogens (tertiary/aromatic N) is 1. The molecule has 1 heterocycles. The van der Waals surface area contributed by atoms with Crippen molar-refractivity contribution in [1.29, 1.82) is 0 Å². The van der Waals surface area contributed by atoms with E-state index < -0.39 is 10.0 Å². The van der Waals surface area contributed by atoms with Gasteiger partial charge in [-0.15, -0.1) is 0 Å². The van der Waals surface area contributed by atoms with Gasteiger partial charge in [-0.25, -0.2) is 8.42 Å². The van der Waals surface area contributed by atoms with E-state index in [0.29, 0.717) is 11.0 Å². The molecule has 0 unspecified atom stereocenters. The van der Waals surface area contributed by atoms with E-state index in [2.05, 4.69) is 44.7 Å². The minimum atomic E-state index is -3.77. The molecule has 4 rings (SSSR count). The van der Waals surface area contributed by atoms with Gasteiger partial charge >= 0.3 is 0 Å². The lowest BCUT2D eigenvalue weighted by molar-refractivity contribution is 0.587. The number of hydrogen-bond donors (Lipinski definition) is 1. The topological polar surface area (TPSA) is 51.1 Å². The maximum atomic E-state index is 13.2. The van der Waals surface area contributed by atoms with Crippen LogP contribution in [0, 0.1) is 6.92 Å². The first kappa shape index (κ1) is 21.9. The largest absolute Gasteiger partial charge is 0.310 e. The first-order valence-corrected chi connectivity index (χ1v) is 12.0. The zero-order chi connectivity index (χ0) is 23.3. The number of benzene rings is 3. The summed E-state index contributed by atoms with van der Waals surface area (Å²) in [7, 11) is -3.77. The fourth-order valence-electron chi connectivity index (χ4n) is 4.00. The van der Waals surface area contributed by atoms with Crippen LogP contribution in [0.15, 0.2) is 71.6 Å². The molecule has 0 saturated carbocycles. The monoisotopic (exact) mass is 444 g/mol. The summed E-state index contributed by atoms with van der Waals surface area (Å²) in [6, 6.07) is 20.6. The van der Waals surface area contributed by atoms with Crippen molar-refractivity contribution in [2.75, 3.05) is 4.72 Å². The molecule has 0 amide bonds. The number of fused-ring (bicyclic) bond motifs is 1. The van der Waals surface area contributed by atoms with Crippen molar-refractivity contribution in [2.24, 2.45) is 0 Å². The van der Waals surface area contributed by atoms with Gasteiger partial charge in [0.1, 0.15) is 0 Å². The number of anilines is 1. The van der Waals surface area contributed by atoms with Crippen LogP contribution in [0.5, 0.6) is 0 Å². The summed E-state index contributed by atoms with van der Waals surface area (Å²) in [6.07, 6.45) is 0. The van der Waals surface area contributed by atoms with E-state index in [-0.39, 0.29) is 10.3 Å². The third-order valence-corrected chi connectivity index (χ3v) is 7.12. The molecule has 0 fully saturated rings. The molecule has 0 bridgehead atoms. The molecule has 1 aromatic heterocycles. The van der Waals surface area contributed by atoms with Gasteiger partial charge in [0, 0.05) is 27.2 Å². The van der Waals surface area contributed by atoms with E-state index in [0.717, 1.165) is 32.9 Å². The van der Waals surface area contributed by atoms with Gasteiger partial charge in [0.2, 0.25) is 0 Å². The van der Waals surface area contributed by atoms with E-state index in [4.69, 9.17) is 0 Å². The Morgan fingerprint density at radius 1 is 0.875 bits per heavy atom. The summed E-state index contributed by atoms with van der Waals surface area (Å²) in [6.45, 7) is 16.8. The third-order valence-electron chi connectivity index (χ3n) is 5.74. The second kappa shape index (κ2) is 7.68. The van der Waals surface area contributed by atoms with Crippen LogP contribution in [-0.4, -0.2) is 13.0 Å². The molecule has 0 aliphatic carbocycles. The van der Waals surface area contributed by atoms with Gasteiger partial charge in [0.05, 0.1) is 10.6 Å². The smallest absolute Gasteiger partial charge is 0.261 e. The van der Waals surface area contributed by atoms with Crippen molar-refractivity contribution in [3.8, 4) is 5.69 Å². The van der Waals surface area contributed by atoms with E-state index >= 15 is 0 Å². The normalized spacial score (nSPS) is 12.2. The Bertz CT molecular complexity index is 1520. The minimum Gasteiger partial charge on any atom is -0.310 e. The zero-order valence-electron chi connectivity index (χ0n) is 18.9. The van der Waals surface area contributed by atoms with E-state index in [1.165, 1.54) is 0 Å². The summed E-state index contributed by atoms with van der Waals surface area (Å²) in [4.78, 5) is 0.223. The quantitative estimate of drug-likeness (QED) is 0.489. The average molecular weight is 445 g/mol. The zero-order valence-corrected chi connectivity index (χ0v) is 19.8. The predicted molar refractivity (Wildman–Crippen MR) is 134 cm³/mol. The van der Waals surface area contributed by atoms with Crippen LogP contribution < -0.4 is 15.4 Å². The number of aryl methyl sites for hydroxylation is 1. The Morgan fingerprint density at radius 2 is 1.53 bits per heavy atom. The standard InChI is InChI=1S/C27H28N2O2S/c1-18-9-7-10-22(17-18)29-19(2)24-11-8-12-25(26(24)20(29)3)28-32(30,31)23-15-13-21(14-16-23)27(4,5)6/h7-17,28H,2-3H2,1,4-6H3. The van der Waals surface area contributed by atoms with Crippen LogP contribution in [0.25, 0.3) is 29.6 Å². The molecule has 4 aromatic rings. The van der Waals surface area contributed by atoms with E-state index in [9.17, 15) is 8.42 Å². The maximum absolute atomic E-state index is 13.2. The Labute approximate surface area is 189 Å². The van der Waals surface area contributed by atoms with E-state index in [1.54, 1.807) is 18.2 Å². The molecule has 0 aliphatic rings. The number of hydrogen-bond acceptors (Lipinski definition) is 2. The Morgan fingerprint density at radius 3 is 2.16 bits per heavy atom. The van der Waals surface area contributed by atoms with Gasteiger partial charge < -0.3 is 4.57 Å². The fraction of sp³-hybridized carbons (Fsp3) is 0.185. The van der Waals surface area contributed by atoms with Crippen LogP contribution in [0.4, 0.5) is 5.69 Å². The summed E-state index contributed by atoms with van der Waals surface area (Å²) in [5, 5.41) is 3.07. The summed E-state index contributed by atoms with van der Waals surface area (Å²) in [5.41, 5.74) is 3.59. The molecular weight excluding hydrogens is 416 g/mol. The molecule has 0 spiro atoms. The summed E-state index contributed by atoms with van der Waals surface area (Å²) in [5.74, 6) is 0. The molecule has 164 valence electrons. The second-order valence-corrected chi connectivity index (χ2v) is 10.9. The van der Waals surface area contributed by atoms with Crippen molar-refractivity contribution < 1.29 is 8.42 Å². The molecule has 4 nitrogen and oxygen atoms in total. The number of sulfonamides is 1. The predicted octanol–water partition coefficient (Wildman–Crippen LogP) is 4.86. The summed E-state index contributed by atoms with van der Waals surface area (Å²) >= 11 is 0. The number of rotatable bonds is 4. The van der Waals surface area contributed by atoms with Gasteiger partial charge in [-0.1, -0.05) is 70.3 Å². The van der Waals surface area contributed by atoms with Crippen molar-refractivity contribution in [3.05, 3.63) is 88.6 Å². The first-order chi connectivity index (χ1) is 15.0. The highest BCUT2D eigenvalue weighted by molar-refractivity contribution is 7.92. The van der Waals surface area contributed by atoms with Gasteiger partial charge in [-0.05, 0) is 53.8 Å². The van der Waals surface area contributed by atoms with Crippen LogP contribution in [0.3, 0.4) is 0 Å². The highest BCUT2D eigenvalue weighted by Crippen LogP contribution is 2.26. The van der Waals surface area contributed by atoms with Gasteiger partial charge in [0.15, 0.2) is 0 Å². The van der Waals surface area contributed by atoms with Gasteiger partial charge in [0.25, 0.3) is 10.0 Å². The fourth-order valence-corrected chi connectivity index (χ4v) is 5.07. The lowest BCUT2D eigenvalue weighted by Gasteiger charge is -2.19. The molecule has 0 saturated heterocycles. The SMILES string of the molecule is C=c1c2cccc(NS(=O)(=O)c3ccc(C(C)(C)C)cc3)c2c(=C)n1-c1cccc(C)c1. The molecule has 5 heteroatoms. The number of aromatic nitrogens is 1. The minimum absolute atomic E-state index is 0.0483. The Kier molecular flexibility index (Phi) is 5.25. The number of nitrogens with one attached hydrogen (secondary N) is 1. The highest BCUT2D eigenvalue weighted by atomic mass is 32.2. The first-order valence-electron chi connectivity index (χ1n) is 10.5. The van der Waals surface area contributed by atoms with E-state index in [1.807, 2.05) is 54.0 Å². The lowest BCUT2D eigenvalue weighted by Crippen LogP contribution is -2.23. The van der Waals surface area contributed by atoms with Crippen molar-refractivity contribution in [3.63, 3.8) is 0 Å². The lowest BCUT2D eigenvalue weighted by atomic mass is 9.87. The third kappa shape index (κ3) is 3.84. The molecule has 3 aromatic carbocycles. The molecule has 0 radical (unpaired) electrons.